The zero-order valence-electron chi connectivity index (χ0n) is 15.0. The molecule has 0 bridgehead atoms. The monoisotopic (exact) mass is 374 g/mol. The number of carbonyl (C=O) groups is 3. The number of benzene rings is 1. The number of methoxy groups -OCH3 is 1. The molecule has 2 aromatic rings. The van der Waals surface area contributed by atoms with Crippen molar-refractivity contribution < 1.29 is 19.1 Å². The van der Waals surface area contributed by atoms with Crippen molar-refractivity contribution in [2.75, 3.05) is 19.0 Å². The molecule has 0 spiro atoms. The second-order valence-electron chi connectivity index (χ2n) is 5.72. The average Bonchev–Trinajstić information content (AvgIpc) is 2.95. The van der Waals surface area contributed by atoms with E-state index in [0.29, 0.717) is 22.0 Å². The van der Waals surface area contributed by atoms with Gasteiger partial charge in [0, 0.05) is 6.54 Å². The van der Waals surface area contributed by atoms with Gasteiger partial charge in [0.25, 0.3) is 5.91 Å². The van der Waals surface area contributed by atoms with Crippen LogP contribution in [0.3, 0.4) is 0 Å². The molecule has 2 amide bonds. The van der Waals surface area contributed by atoms with Crippen LogP contribution in [0.1, 0.15) is 44.5 Å². The summed E-state index contributed by atoms with van der Waals surface area (Å²) in [6.45, 7) is 4.17. The first-order valence-corrected chi connectivity index (χ1v) is 9.13. The summed E-state index contributed by atoms with van der Waals surface area (Å²) in [6.07, 6.45) is 0.983. The first kappa shape index (κ1) is 19.7. The molecule has 0 saturated carbocycles. The standard InChI is InChI=1S/C19H22N2O4S/c1-4-10-20-17(23)16-12(2)15(19(24)25-3)18(26-16)21-14(22)11-13-8-6-5-7-9-13/h5-9H,4,10-11H2,1-3H3,(H,20,23)(H,21,22). The number of esters is 1. The van der Waals surface area contributed by atoms with Crippen LogP contribution < -0.4 is 10.6 Å². The quantitative estimate of drug-likeness (QED) is 0.729. The van der Waals surface area contributed by atoms with Crippen molar-refractivity contribution in [3.05, 3.63) is 51.9 Å². The first-order chi connectivity index (χ1) is 12.5. The van der Waals surface area contributed by atoms with E-state index in [1.807, 2.05) is 37.3 Å². The van der Waals surface area contributed by atoms with Crippen LogP contribution in [0.5, 0.6) is 0 Å². The molecule has 0 aliphatic carbocycles. The molecular weight excluding hydrogens is 352 g/mol. The summed E-state index contributed by atoms with van der Waals surface area (Å²) >= 11 is 1.08. The molecule has 7 heteroatoms. The molecule has 0 atom stereocenters. The summed E-state index contributed by atoms with van der Waals surface area (Å²) in [4.78, 5) is 37.2. The van der Waals surface area contributed by atoms with Gasteiger partial charge in [0.2, 0.25) is 5.91 Å². The zero-order valence-corrected chi connectivity index (χ0v) is 15.9. The van der Waals surface area contributed by atoms with Crippen LogP contribution in [0.25, 0.3) is 0 Å². The summed E-state index contributed by atoms with van der Waals surface area (Å²) in [5.74, 6) is -1.10. The molecule has 0 aliphatic rings. The molecular formula is C19H22N2O4S. The van der Waals surface area contributed by atoms with Gasteiger partial charge in [-0.3, -0.25) is 9.59 Å². The number of carbonyl (C=O) groups excluding carboxylic acids is 3. The number of rotatable bonds is 7. The van der Waals surface area contributed by atoms with Gasteiger partial charge in [0.05, 0.1) is 24.0 Å². The maximum absolute atomic E-state index is 12.4. The Balaban J connectivity index is 2.26. The lowest BCUT2D eigenvalue weighted by Crippen LogP contribution is -2.23. The van der Waals surface area contributed by atoms with Gasteiger partial charge in [-0.15, -0.1) is 11.3 Å². The molecule has 1 heterocycles. The maximum atomic E-state index is 12.4. The molecule has 0 fully saturated rings. The van der Waals surface area contributed by atoms with Gasteiger partial charge in [0.15, 0.2) is 0 Å². The summed E-state index contributed by atoms with van der Waals surface area (Å²) in [6, 6.07) is 9.29. The van der Waals surface area contributed by atoms with Gasteiger partial charge in [0.1, 0.15) is 5.00 Å². The largest absolute Gasteiger partial charge is 0.465 e. The highest BCUT2D eigenvalue weighted by atomic mass is 32.1. The summed E-state index contributed by atoms with van der Waals surface area (Å²) in [5.41, 5.74) is 1.59. The molecule has 2 N–H and O–H groups in total. The zero-order chi connectivity index (χ0) is 19.1. The predicted octanol–water partition coefficient (Wildman–Crippen LogP) is 3.16. The second kappa shape index (κ2) is 9.15. The molecule has 0 radical (unpaired) electrons. The number of thiophene rings is 1. The number of hydrogen-bond donors (Lipinski definition) is 2. The van der Waals surface area contributed by atoms with Crippen molar-refractivity contribution >= 4 is 34.1 Å². The third-order valence-electron chi connectivity index (χ3n) is 3.74. The van der Waals surface area contributed by atoms with E-state index in [1.165, 1.54) is 7.11 Å². The van der Waals surface area contributed by atoms with E-state index in [1.54, 1.807) is 6.92 Å². The minimum absolute atomic E-state index is 0.176. The topological polar surface area (TPSA) is 84.5 Å². The van der Waals surface area contributed by atoms with Crippen LogP contribution in [-0.4, -0.2) is 31.4 Å². The van der Waals surface area contributed by atoms with Gasteiger partial charge in [-0.1, -0.05) is 37.3 Å². The highest BCUT2D eigenvalue weighted by molar-refractivity contribution is 7.18. The fourth-order valence-electron chi connectivity index (χ4n) is 2.44. The number of nitrogens with one attached hydrogen (secondary N) is 2. The lowest BCUT2D eigenvalue weighted by molar-refractivity contribution is -0.115. The Hall–Kier alpha value is -2.67. The predicted molar refractivity (Wildman–Crippen MR) is 102 cm³/mol. The Kier molecular flexibility index (Phi) is 6.91. The van der Waals surface area contributed by atoms with Gasteiger partial charge < -0.3 is 15.4 Å². The summed E-state index contributed by atoms with van der Waals surface area (Å²) in [5, 5.41) is 5.86. The molecule has 1 aromatic heterocycles. The third kappa shape index (κ3) is 4.70. The summed E-state index contributed by atoms with van der Waals surface area (Å²) < 4.78 is 4.82. The second-order valence-corrected chi connectivity index (χ2v) is 6.74. The molecule has 0 aliphatic heterocycles. The molecule has 26 heavy (non-hydrogen) atoms. The van der Waals surface area contributed by atoms with Crippen LogP contribution in [-0.2, 0) is 16.0 Å². The van der Waals surface area contributed by atoms with Crippen LogP contribution >= 0.6 is 11.3 Å². The van der Waals surface area contributed by atoms with Crippen molar-refractivity contribution in [3.8, 4) is 0 Å². The van der Waals surface area contributed by atoms with Crippen molar-refractivity contribution in [2.45, 2.75) is 26.7 Å². The normalized spacial score (nSPS) is 10.3. The fraction of sp³-hybridized carbons (Fsp3) is 0.316. The van der Waals surface area contributed by atoms with Crippen LogP contribution in [0.4, 0.5) is 5.00 Å². The molecule has 0 unspecified atom stereocenters. The Morgan fingerprint density at radius 1 is 1.15 bits per heavy atom. The van der Waals surface area contributed by atoms with Gasteiger partial charge in [-0.05, 0) is 24.5 Å². The van der Waals surface area contributed by atoms with E-state index in [9.17, 15) is 14.4 Å². The highest BCUT2D eigenvalue weighted by Crippen LogP contribution is 2.33. The minimum Gasteiger partial charge on any atom is -0.465 e. The molecule has 138 valence electrons. The van der Waals surface area contributed by atoms with E-state index >= 15 is 0 Å². The first-order valence-electron chi connectivity index (χ1n) is 8.31. The molecule has 0 saturated heterocycles. The van der Waals surface area contributed by atoms with E-state index < -0.39 is 5.97 Å². The van der Waals surface area contributed by atoms with E-state index in [0.717, 1.165) is 23.3 Å². The number of anilines is 1. The highest BCUT2D eigenvalue weighted by Gasteiger charge is 2.26. The smallest absolute Gasteiger partial charge is 0.341 e. The van der Waals surface area contributed by atoms with Crippen molar-refractivity contribution in [1.82, 2.24) is 5.32 Å². The third-order valence-corrected chi connectivity index (χ3v) is 4.94. The van der Waals surface area contributed by atoms with Gasteiger partial charge >= 0.3 is 5.97 Å². The SMILES string of the molecule is CCCNC(=O)c1sc(NC(=O)Cc2ccccc2)c(C(=O)OC)c1C. The summed E-state index contributed by atoms with van der Waals surface area (Å²) in [7, 11) is 1.27. The Labute approximate surface area is 156 Å². The van der Waals surface area contributed by atoms with E-state index in [-0.39, 0.29) is 23.8 Å². The van der Waals surface area contributed by atoms with Crippen molar-refractivity contribution in [2.24, 2.45) is 0 Å². The van der Waals surface area contributed by atoms with Crippen LogP contribution in [0.2, 0.25) is 0 Å². The average molecular weight is 374 g/mol. The molecule has 1 aromatic carbocycles. The minimum atomic E-state index is -0.580. The number of hydrogen-bond acceptors (Lipinski definition) is 5. The van der Waals surface area contributed by atoms with Crippen molar-refractivity contribution in [1.29, 1.82) is 0 Å². The van der Waals surface area contributed by atoms with Gasteiger partial charge in [-0.2, -0.15) is 0 Å². The number of amides is 2. The fourth-order valence-corrected chi connectivity index (χ4v) is 3.56. The Morgan fingerprint density at radius 2 is 1.85 bits per heavy atom. The lowest BCUT2D eigenvalue weighted by Gasteiger charge is -2.06. The molecule has 2 rings (SSSR count). The Bertz CT molecular complexity index is 799. The van der Waals surface area contributed by atoms with Crippen LogP contribution in [0, 0.1) is 6.92 Å². The maximum Gasteiger partial charge on any atom is 0.341 e. The van der Waals surface area contributed by atoms with Gasteiger partial charge in [-0.25, -0.2) is 4.79 Å². The van der Waals surface area contributed by atoms with E-state index in [2.05, 4.69) is 10.6 Å². The van der Waals surface area contributed by atoms with Crippen LogP contribution in [0.15, 0.2) is 30.3 Å². The van der Waals surface area contributed by atoms with Crippen molar-refractivity contribution in [3.63, 3.8) is 0 Å². The van der Waals surface area contributed by atoms with E-state index in [4.69, 9.17) is 4.74 Å². The Morgan fingerprint density at radius 3 is 2.46 bits per heavy atom. The number of ether oxygens (including phenoxy) is 1. The molecule has 6 nitrogen and oxygen atoms in total. The lowest BCUT2D eigenvalue weighted by atomic mass is 10.1.